The molecular formula is C13H7BrO2S. The molecule has 2 aromatic carbocycles. The van der Waals surface area contributed by atoms with Crippen molar-refractivity contribution in [3.8, 4) is 0 Å². The molecule has 0 bridgehead atoms. The minimum absolute atomic E-state index is 0.378. The lowest BCUT2D eigenvalue weighted by atomic mass is 10.1. The average molecular weight is 307 g/mol. The van der Waals surface area contributed by atoms with Crippen molar-refractivity contribution in [3.63, 3.8) is 0 Å². The van der Waals surface area contributed by atoms with Crippen LogP contribution in [0.1, 0.15) is 9.67 Å². The molecule has 0 atom stereocenters. The van der Waals surface area contributed by atoms with Gasteiger partial charge in [0, 0.05) is 14.6 Å². The highest BCUT2D eigenvalue weighted by Crippen LogP contribution is 2.36. The number of thiophene rings is 1. The SMILES string of the molecule is O=C(O)c1cc2cc(Br)c3ccccc3c2s1. The van der Waals surface area contributed by atoms with Crippen LogP contribution in [0.25, 0.3) is 20.9 Å². The molecule has 0 aliphatic rings. The molecule has 0 spiro atoms. The lowest BCUT2D eigenvalue weighted by Gasteiger charge is -2.01. The number of carbonyl (C=O) groups is 1. The first-order valence-corrected chi connectivity index (χ1v) is 6.62. The molecule has 0 aliphatic carbocycles. The van der Waals surface area contributed by atoms with Crippen molar-refractivity contribution in [2.75, 3.05) is 0 Å². The van der Waals surface area contributed by atoms with Crippen LogP contribution in [0.3, 0.4) is 0 Å². The molecular weight excluding hydrogens is 300 g/mol. The van der Waals surface area contributed by atoms with Gasteiger partial charge < -0.3 is 5.11 Å². The van der Waals surface area contributed by atoms with Crippen LogP contribution in [-0.2, 0) is 0 Å². The lowest BCUT2D eigenvalue weighted by molar-refractivity contribution is 0.0702. The summed E-state index contributed by atoms with van der Waals surface area (Å²) in [7, 11) is 0. The van der Waals surface area contributed by atoms with Crippen molar-refractivity contribution in [3.05, 3.63) is 45.7 Å². The van der Waals surface area contributed by atoms with Crippen LogP contribution in [0.15, 0.2) is 40.9 Å². The fourth-order valence-corrected chi connectivity index (χ4v) is 3.54. The molecule has 1 aromatic heterocycles. The van der Waals surface area contributed by atoms with Crippen molar-refractivity contribution in [2.45, 2.75) is 0 Å². The molecule has 3 aromatic rings. The number of hydrogen-bond acceptors (Lipinski definition) is 2. The molecule has 1 heterocycles. The van der Waals surface area contributed by atoms with Crippen LogP contribution in [0, 0.1) is 0 Å². The summed E-state index contributed by atoms with van der Waals surface area (Å²) in [6.07, 6.45) is 0. The van der Waals surface area contributed by atoms with E-state index in [2.05, 4.69) is 15.9 Å². The average Bonchev–Trinajstić information content (AvgIpc) is 2.73. The van der Waals surface area contributed by atoms with Crippen molar-refractivity contribution < 1.29 is 9.90 Å². The topological polar surface area (TPSA) is 37.3 Å². The van der Waals surface area contributed by atoms with E-state index in [0.29, 0.717) is 4.88 Å². The molecule has 4 heteroatoms. The molecule has 84 valence electrons. The molecule has 0 fully saturated rings. The number of halogens is 1. The molecule has 0 unspecified atom stereocenters. The number of benzene rings is 2. The van der Waals surface area contributed by atoms with Crippen LogP contribution in [0.2, 0.25) is 0 Å². The minimum atomic E-state index is -0.869. The smallest absolute Gasteiger partial charge is 0.345 e. The molecule has 0 aliphatic heterocycles. The van der Waals surface area contributed by atoms with Gasteiger partial charge in [-0.1, -0.05) is 40.2 Å². The van der Waals surface area contributed by atoms with Crippen LogP contribution in [0.4, 0.5) is 0 Å². The summed E-state index contributed by atoms with van der Waals surface area (Å²) < 4.78 is 2.02. The number of hydrogen-bond donors (Lipinski definition) is 1. The summed E-state index contributed by atoms with van der Waals surface area (Å²) in [6, 6.07) is 11.7. The normalized spacial score (nSPS) is 11.1. The van der Waals surface area contributed by atoms with Gasteiger partial charge >= 0.3 is 5.97 Å². The Bertz CT molecular complexity index is 746. The Morgan fingerprint density at radius 1 is 1.18 bits per heavy atom. The maximum Gasteiger partial charge on any atom is 0.345 e. The Morgan fingerprint density at radius 3 is 2.59 bits per heavy atom. The molecule has 1 N–H and O–H groups in total. The largest absolute Gasteiger partial charge is 0.477 e. The predicted molar refractivity (Wildman–Crippen MR) is 74.0 cm³/mol. The van der Waals surface area contributed by atoms with Crippen molar-refractivity contribution >= 4 is 54.1 Å². The third-order valence-corrected chi connectivity index (χ3v) is 4.51. The second-order valence-corrected chi connectivity index (χ2v) is 5.64. The number of fused-ring (bicyclic) bond motifs is 3. The van der Waals surface area contributed by atoms with Gasteiger partial charge in [0.1, 0.15) is 4.88 Å². The highest BCUT2D eigenvalue weighted by atomic mass is 79.9. The van der Waals surface area contributed by atoms with Gasteiger partial charge in [0.25, 0.3) is 0 Å². The third-order valence-electron chi connectivity index (χ3n) is 2.68. The van der Waals surface area contributed by atoms with E-state index in [1.54, 1.807) is 6.07 Å². The molecule has 0 radical (unpaired) electrons. The lowest BCUT2D eigenvalue weighted by Crippen LogP contribution is -1.89. The molecule has 0 saturated heterocycles. The molecule has 0 saturated carbocycles. The van der Waals surface area contributed by atoms with E-state index in [1.807, 2.05) is 30.3 Å². The highest BCUT2D eigenvalue weighted by Gasteiger charge is 2.12. The first-order valence-electron chi connectivity index (χ1n) is 5.01. The monoisotopic (exact) mass is 306 g/mol. The summed E-state index contributed by atoms with van der Waals surface area (Å²) in [5.41, 5.74) is 0. The van der Waals surface area contributed by atoms with Gasteiger partial charge in [-0.2, -0.15) is 0 Å². The zero-order valence-electron chi connectivity index (χ0n) is 8.61. The maximum atomic E-state index is 11.0. The fraction of sp³-hybridized carbons (Fsp3) is 0. The Kier molecular flexibility index (Phi) is 2.42. The van der Waals surface area contributed by atoms with Gasteiger partial charge in [0.15, 0.2) is 0 Å². The van der Waals surface area contributed by atoms with Gasteiger partial charge in [-0.25, -0.2) is 4.79 Å². The second-order valence-electron chi connectivity index (χ2n) is 3.74. The van der Waals surface area contributed by atoms with Crippen molar-refractivity contribution in [1.82, 2.24) is 0 Å². The molecule has 2 nitrogen and oxygen atoms in total. The summed E-state index contributed by atoms with van der Waals surface area (Å²) in [6.45, 7) is 0. The van der Waals surface area contributed by atoms with E-state index in [1.165, 1.54) is 11.3 Å². The Morgan fingerprint density at radius 2 is 1.88 bits per heavy atom. The second kappa shape index (κ2) is 3.82. The maximum absolute atomic E-state index is 11.0. The summed E-state index contributed by atoms with van der Waals surface area (Å²) in [4.78, 5) is 11.4. The van der Waals surface area contributed by atoms with E-state index in [4.69, 9.17) is 5.11 Å². The van der Waals surface area contributed by atoms with Crippen LogP contribution in [-0.4, -0.2) is 11.1 Å². The van der Waals surface area contributed by atoms with Gasteiger partial charge in [-0.05, 0) is 22.9 Å². The summed E-state index contributed by atoms with van der Waals surface area (Å²) in [5, 5.41) is 12.2. The van der Waals surface area contributed by atoms with Crippen LogP contribution >= 0.6 is 27.3 Å². The highest BCUT2D eigenvalue weighted by molar-refractivity contribution is 9.10. The number of carboxylic acids is 1. The molecule has 17 heavy (non-hydrogen) atoms. The minimum Gasteiger partial charge on any atom is -0.477 e. The van der Waals surface area contributed by atoms with Gasteiger partial charge in [0.05, 0.1) is 0 Å². The molecule has 0 amide bonds. The van der Waals surface area contributed by atoms with E-state index in [0.717, 1.165) is 25.3 Å². The fourth-order valence-electron chi connectivity index (χ4n) is 1.93. The van der Waals surface area contributed by atoms with E-state index in [-0.39, 0.29) is 0 Å². The van der Waals surface area contributed by atoms with Crippen molar-refractivity contribution in [2.24, 2.45) is 0 Å². The van der Waals surface area contributed by atoms with Crippen molar-refractivity contribution in [1.29, 1.82) is 0 Å². The first kappa shape index (κ1) is 10.7. The van der Waals surface area contributed by atoms with Gasteiger partial charge in [-0.15, -0.1) is 11.3 Å². The number of rotatable bonds is 1. The van der Waals surface area contributed by atoms with E-state index in [9.17, 15) is 4.79 Å². The first-order chi connectivity index (χ1) is 8.16. The summed E-state index contributed by atoms with van der Waals surface area (Å²) >= 11 is 4.84. The zero-order chi connectivity index (χ0) is 12.0. The van der Waals surface area contributed by atoms with E-state index >= 15 is 0 Å². The van der Waals surface area contributed by atoms with Gasteiger partial charge in [0.2, 0.25) is 0 Å². The Hall–Kier alpha value is -1.39. The van der Waals surface area contributed by atoms with Crippen LogP contribution < -0.4 is 0 Å². The Labute approximate surface area is 110 Å². The quantitative estimate of drug-likeness (QED) is 0.718. The number of carboxylic acid groups (broad SMARTS) is 1. The van der Waals surface area contributed by atoms with Gasteiger partial charge in [-0.3, -0.25) is 0 Å². The van der Waals surface area contributed by atoms with Crippen LogP contribution in [0.5, 0.6) is 0 Å². The van der Waals surface area contributed by atoms with E-state index < -0.39 is 5.97 Å². The summed E-state index contributed by atoms with van der Waals surface area (Å²) in [5.74, 6) is -0.869. The standard InChI is InChI=1S/C13H7BrO2S/c14-10-5-7-6-11(13(15)16)17-12(7)9-4-2-1-3-8(9)10/h1-6H,(H,15,16). The zero-order valence-corrected chi connectivity index (χ0v) is 11.0. The molecule has 3 rings (SSSR count). The third kappa shape index (κ3) is 1.64. The predicted octanol–water partition coefficient (Wildman–Crippen LogP) is 4.52. The Balaban J connectivity index is 2.50. The number of aromatic carboxylic acids is 1.